The van der Waals surface area contributed by atoms with Gasteiger partial charge in [0.2, 0.25) is 10.0 Å². The molecule has 0 radical (unpaired) electrons. The molecule has 0 bridgehead atoms. The highest BCUT2D eigenvalue weighted by atomic mass is 32.2. The van der Waals surface area contributed by atoms with Gasteiger partial charge in [0.1, 0.15) is 4.90 Å². The van der Waals surface area contributed by atoms with Gasteiger partial charge in [0.05, 0.1) is 5.69 Å². The molecular formula is C14H23N3O2S. The molecule has 1 unspecified atom stereocenters. The molecule has 0 saturated carbocycles. The highest BCUT2D eigenvalue weighted by Crippen LogP contribution is 2.21. The van der Waals surface area contributed by atoms with Gasteiger partial charge >= 0.3 is 0 Å². The molecule has 1 aliphatic heterocycles. The lowest BCUT2D eigenvalue weighted by molar-refractivity contribution is 0.569. The predicted molar refractivity (Wildman–Crippen MR) is 81.4 cm³/mol. The number of para-hydroxylation sites is 1. The number of sulfonamides is 1. The number of rotatable bonds is 6. The average Bonchev–Trinajstić information content (AvgIpc) is 2.88. The highest BCUT2D eigenvalue weighted by Gasteiger charge is 2.20. The first-order chi connectivity index (χ1) is 9.49. The van der Waals surface area contributed by atoms with E-state index in [1.54, 1.807) is 12.1 Å². The van der Waals surface area contributed by atoms with Crippen LogP contribution in [0.1, 0.15) is 20.3 Å². The lowest BCUT2D eigenvalue weighted by Gasteiger charge is -2.16. The molecule has 1 atom stereocenters. The Bertz CT molecular complexity index is 537. The van der Waals surface area contributed by atoms with Gasteiger partial charge in [0.25, 0.3) is 0 Å². The van der Waals surface area contributed by atoms with Gasteiger partial charge in [-0.1, -0.05) is 12.1 Å². The van der Waals surface area contributed by atoms with Crippen LogP contribution in [0.25, 0.3) is 0 Å². The Labute approximate surface area is 121 Å². The number of benzene rings is 1. The molecule has 3 N–H and O–H groups in total. The van der Waals surface area contributed by atoms with E-state index >= 15 is 0 Å². The summed E-state index contributed by atoms with van der Waals surface area (Å²) >= 11 is 0. The summed E-state index contributed by atoms with van der Waals surface area (Å²) in [5.41, 5.74) is 0.674. The van der Waals surface area contributed by atoms with Gasteiger partial charge in [-0.05, 0) is 51.4 Å². The minimum atomic E-state index is -3.46. The van der Waals surface area contributed by atoms with Gasteiger partial charge < -0.3 is 10.6 Å². The van der Waals surface area contributed by atoms with Crippen molar-refractivity contribution in [1.82, 2.24) is 10.0 Å². The van der Waals surface area contributed by atoms with Gasteiger partial charge in [-0.3, -0.25) is 0 Å². The molecule has 1 heterocycles. The Kier molecular flexibility index (Phi) is 5.01. The average molecular weight is 297 g/mol. The van der Waals surface area contributed by atoms with E-state index in [0.29, 0.717) is 16.5 Å². The molecule has 1 fully saturated rings. The molecule has 0 aromatic heterocycles. The first-order valence-electron chi connectivity index (χ1n) is 7.05. The molecule has 0 spiro atoms. The minimum absolute atomic E-state index is 0.118. The van der Waals surface area contributed by atoms with Crippen molar-refractivity contribution in [2.45, 2.75) is 31.2 Å². The zero-order chi connectivity index (χ0) is 14.6. The maximum atomic E-state index is 12.3. The molecule has 5 nitrogen and oxygen atoms in total. The van der Waals surface area contributed by atoms with Crippen LogP contribution < -0.4 is 15.4 Å². The van der Waals surface area contributed by atoms with E-state index in [4.69, 9.17) is 0 Å². The standard InChI is InChI=1S/C14H23N3O2S/c1-11(2)17-20(18,19)14-6-4-3-5-13(14)16-10-12-7-8-15-9-12/h3-6,11-12,15-17H,7-10H2,1-2H3. The molecule has 1 saturated heterocycles. The Morgan fingerprint density at radius 2 is 2.10 bits per heavy atom. The molecule has 20 heavy (non-hydrogen) atoms. The Hall–Kier alpha value is -1.11. The van der Waals surface area contributed by atoms with Gasteiger partial charge in [-0.2, -0.15) is 0 Å². The van der Waals surface area contributed by atoms with Crippen molar-refractivity contribution >= 4 is 15.7 Å². The monoisotopic (exact) mass is 297 g/mol. The fourth-order valence-corrected chi connectivity index (χ4v) is 3.80. The summed E-state index contributed by atoms with van der Waals surface area (Å²) in [6.45, 7) is 6.46. The maximum Gasteiger partial charge on any atom is 0.242 e. The van der Waals surface area contributed by atoms with E-state index in [2.05, 4.69) is 15.4 Å². The molecule has 1 aromatic rings. The lowest BCUT2D eigenvalue weighted by atomic mass is 10.1. The van der Waals surface area contributed by atoms with Crippen molar-refractivity contribution in [3.05, 3.63) is 24.3 Å². The summed E-state index contributed by atoms with van der Waals surface area (Å²) in [5.74, 6) is 0.559. The van der Waals surface area contributed by atoms with Crippen molar-refractivity contribution in [2.75, 3.05) is 25.0 Å². The van der Waals surface area contributed by atoms with Gasteiger partial charge in [0.15, 0.2) is 0 Å². The van der Waals surface area contributed by atoms with Gasteiger partial charge in [-0.15, -0.1) is 0 Å². The third-order valence-corrected chi connectivity index (χ3v) is 5.03. The number of anilines is 1. The molecular weight excluding hydrogens is 274 g/mol. The van der Waals surface area contributed by atoms with Gasteiger partial charge in [0, 0.05) is 12.6 Å². The van der Waals surface area contributed by atoms with Crippen molar-refractivity contribution in [3.8, 4) is 0 Å². The molecule has 6 heteroatoms. The second kappa shape index (κ2) is 6.56. The van der Waals surface area contributed by atoms with E-state index in [-0.39, 0.29) is 6.04 Å². The van der Waals surface area contributed by atoms with Gasteiger partial charge in [-0.25, -0.2) is 13.1 Å². The van der Waals surface area contributed by atoms with Crippen molar-refractivity contribution in [3.63, 3.8) is 0 Å². The lowest BCUT2D eigenvalue weighted by Crippen LogP contribution is -2.31. The van der Waals surface area contributed by atoms with Crippen LogP contribution in [0.3, 0.4) is 0 Å². The second-order valence-electron chi connectivity index (χ2n) is 5.51. The summed E-state index contributed by atoms with van der Waals surface area (Å²) in [6.07, 6.45) is 1.13. The van der Waals surface area contributed by atoms with Crippen LogP contribution in [0.4, 0.5) is 5.69 Å². The van der Waals surface area contributed by atoms with E-state index in [1.807, 2.05) is 26.0 Å². The van der Waals surface area contributed by atoms with Crippen LogP contribution in [0, 0.1) is 5.92 Å². The maximum absolute atomic E-state index is 12.3. The van der Waals surface area contributed by atoms with Crippen LogP contribution in [0.2, 0.25) is 0 Å². The highest BCUT2D eigenvalue weighted by molar-refractivity contribution is 7.89. The van der Waals surface area contributed by atoms with E-state index in [9.17, 15) is 8.42 Å². The van der Waals surface area contributed by atoms with Crippen LogP contribution in [0.15, 0.2) is 29.2 Å². The zero-order valence-electron chi connectivity index (χ0n) is 12.0. The van der Waals surface area contributed by atoms with E-state index < -0.39 is 10.0 Å². The van der Waals surface area contributed by atoms with Crippen molar-refractivity contribution in [1.29, 1.82) is 0 Å². The zero-order valence-corrected chi connectivity index (χ0v) is 12.8. The Morgan fingerprint density at radius 3 is 2.75 bits per heavy atom. The second-order valence-corrected chi connectivity index (χ2v) is 7.19. The van der Waals surface area contributed by atoms with Crippen molar-refractivity contribution < 1.29 is 8.42 Å². The topological polar surface area (TPSA) is 70.2 Å². The first-order valence-corrected chi connectivity index (χ1v) is 8.53. The largest absolute Gasteiger partial charge is 0.384 e. The fourth-order valence-electron chi connectivity index (χ4n) is 2.36. The number of nitrogens with one attached hydrogen (secondary N) is 3. The smallest absolute Gasteiger partial charge is 0.242 e. The van der Waals surface area contributed by atoms with Crippen LogP contribution in [0.5, 0.6) is 0 Å². The quantitative estimate of drug-likeness (QED) is 0.742. The summed E-state index contributed by atoms with van der Waals surface area (Å²) in [7, 11) is -3.46. The third kappa shape index (κ3) is 3.94. The summed E-state index contributed by atoms with van der Waals surface area (Å²) in [6, 6.07) is 6.94. The molecule has 112 valence electrons. The summed E-state index contributed by atoms with van der Waals surface area (Å²) < 4.78 is 27.2. The van der Waals surface area contributed by atoms with Crippen molar-refractivity contribution in [2.24, 2.45) is 5.92 Å². The van der Waals surface area contributed by atoms with Crippen LogP contribution in [-0.4, -0.2) is 34.1 Å². The fraction of sp³-hybridized carbons (Fsp3) is 0.571. The Balaban J connectivity index is 2.13. The molecule has 1 aliphatic rings. The predicted octanol–water partition coefficient (Wildman–Crippen LogP) is 1.39. The van der Waals surface area contributed by atoms with Crippen LogP contribution >= 0.6 is 0 Å². The van der Waals surface area contributed by atoms with Crippen LogP contribution in [-0.2, 0) is 10.0 Å². The summed E-state index contributed by atoms with van der Waals surface area (Å²) in [4.78, 5) is 0.319. The third-order valence-electron chi connectivity index (χ3n) is 3.31. The molecule has 1 aromatic carbocycles. The summed E-state index contributed by atoms with van der Waals surface area (Å²) in [5, 5.41) is 6.58. The minimum Gasteiger partial charge on any atom is -0.384 e. The Morgan fingerprint density at radius 1 is 1.35 bits per heavy atom. The van der Waals surface area contributed by atoms with E-state index in [1.165, 1.54) is 0 Å². The molecule has 0 aliphatic carbocycles. The number of hydrogen-bond donors (Lipinski definition) is 3. The number of hydrogen-bond acceptors (Lipinski definition) is 4. The first kappa shape index (κ1) is 15.3. The normalized spacial score (nSPS) is 19.4. The molecule has 2 rings (SSSR count). The molecule has 0 amide bonds. The van der Waals surface area contributed by atoms with E-state index in [0.717, 1.165) is 26.1 Å². The SMILES string of the molecule is CC(C)NS(=O)(=O)c1ccccc1NCC1CCNC1.